The van der Waals surface area contributed by atoms with E-state index in [0.717, 1.165) is 23.7 Å². The van der Waals surface area contributed by atoms with Gasteiger partial charge < -0.3 is 0 Å². The summed E-state index contributed by atoms with van der Waals surface area (Å²) in [5.41, 5.74) is 2.34. The lowest BCUT2D eigenvalue weighted by molar-refractivity contribution is -0.118. The van der Waals surface area contributed by atoms with Crippen LogP contribution in [0.3, 0.4) is 0 Å². The molecule has 0 unspecified atom stereocenters. The molecule has 0 aromatic carbocycles. The highest BCUT2D eigenvalue weighted by Gasteiger charge is 2.71. The molecule has 0 saturated heterocycles. The number of hydrogen-bond donors (Lipinski definition) is 0. The largest absolute Gasteiger partial charge is 0.288 e. The van der Waals surface area contributed by atoms with E-state index in [1.54, 1.807) is 0 Å². The van der Waals surface area contributed by atoms with Crippen LogP contribution < -0.4 is 0 Å². The average molecular weight is 353 g/mol. The lowest BCUT2D eigenvalue weighted by Gasteiger charge is -2.61. The first kappa shape index (κ1) is 16.3. The van der Waals surface area contributed by atoms with E-state index in [4.69, 9.17) is 9.98 Å². The molecule has 26 heavy (non-hydrogen) atoms. The van der Waals surface area contributed by atoms with Gasteiger partial charge >= 0.3 is 0 Å². The Morgan fingerprint density at radius 3 is 1.46 bits per heavy atom. The molecule has 0 aromatic rings. The minimum atomic E-state index is 0.581. The molecular weight excluding hydrogens is 316 g/mol. The van der Waals surface area contributed by atoms with Crippen molar-refractivity contribution in [2.24, 2.45) is 55.3 Å². The first-order chi connectivity index (χ1) is 12.3. The molecule has 0 heterocycles. The molecule has 0 aromatic heterocycles. The van der Waals surface area contributed by atoms with E-state index >= 15 is 0 Å². The molecular formula is C24H36N2. The molecule has 2 heteroatoms. The maximum Gasteiger partial charge on any atom is 0.0566 e. The smallest absolute Gasteiger partial charge is 0.0566 e. The predicted molar refractivity (Wildman–Crippen MR) is 108 cm³/mol. The van der Waals surface area contributed by atoms with Crippen molar-refractivity contribution in [3.8, 4) is 0 Å². The van der Waals surface area contributed by atoms with Gasteiger partial charge in [-0.3, -0.25) is 9.98 Å². The van der Waals surface area contributed by atoms with Crippen LogP contribution in [0.5, 0.6) is 0 Å². The monoisotopic (exact) mass is 352 g/mol. The average Bonchev–Trinajstić information content (AvgIpc) is 3.48. The lowest BCUT2D eigenvalue weighted by Crippen LogP contribution is -2.54. The number of nitrogens with zero attached hydrogens (tertiary/aromatic N) is 2. The Hall–Kier alpha value is -0.660. The molecule has 0 N–H and O–H groups in total. The van der Waals surface area contributed by atoms with E-state index in [2.05, 4.69) is 40.1 Å². The van der Waals surface area contributed by atoms with Gasteiger partial charge in [-0.05, 0) is 96.7 Å². The molecule has 8 fully saturated rings. The Kier molecular flexibility index (Phi) is 2.92. The summed E-state index contributed by atoms with van der Waals surface area (Å²) in [6.45, 7) is 10.0. The second kappa shape index (κ2) is 4.66. The summed E-state index contributed by atoms with van der Waals surface area (Å²) < 4.78 is 0. The van der Waals surface area contributed by atoms with Crippen LogP contribution in [0.15, 0.2) is 9.98 Å². The standard InChI is InChI=1S/C24H36N2/c1-21(2)15-5-7-23(17(21)11-15)13-19(23)25-9-10-26-20-14-24(20)8-6-16-12-18(24)22(16,3)4/h9-10,15-20H,5-8,11-14H2,1-4H3/t15-,16-,17+,18+,19-,20-,23+,24+/m1/s1. The minimum Gasteiger partial charge on any atom is -0.288 e. The highest BCUT2D eigenvalue weighted by Crippen LogP contribution is 2.76. The van der Waals surface area contributed by atoms with E-state index in [9.17, 15) is 0 Å². The minimum absolute atomic E-state index is 0.581. The number of fused-ring (bicyclic) bond motifs is 2. The molecule has 4 bridgehead atoms. The quantitative estimate of drug-likeness (QED) is 0.594. The van der Waals surface area contributed by atoms with Crippen LogP contribution in [0.4, 0.5) is 0 Å². The van der Waals surface area contributed by atoms with Crippen molar-refractivity contribution in [3.63, 3.8) is 0 Å². The fourth-order valence-electron chi connectivity index (χ4n) is 8.77. The van der Waals surface area contributed by atoms with Gasteiger partial charge in [0.25, 0.3) is 0 Å². The first-order valence-electron chi connectivity index (χ1n) is 11.4. The lowest BCUT2D eigenvalue weighted by atomic mass is 9.44. The summed E-state index contributed by atoms with van der Waals surface area (Å²) in [7, 11) is 0. The van der Waals surface area contributed by atoms with Crippen molar-refractivity contribution in [2.45, 2.75) is 91.1 Å². The SMILES string of the molecule is CC1(C)[C@@H]2CC[C@]3(C[C@H]3N=CC=N[C@@H]3C[C@]34CC[C@@H]3C[C@H]4C3(C)C)[C@H]1C2. The fraction of sp³-hybridized carbons (Fsp3) is 0.917. The van der Waals surface area contributed by atoms with Gasteiger partial charge in [0.15, 0.2) is 0 Å². The van der Waals surface area contributed by atoms with E-state index in [1.165, 1.54) is 51.4 Å². The van der Waals surface area contributed by atoms with Crippen molar-refractivity contribution in [1.29, 1.82) is 0 Å². The fourth-order valence-corrected chi connectivity index (χ4v) is 8.77. The summed E-state index contributed by atoms with van der Waals surface area (Å²) in [6, 6.07) is 1.21. The highest BCUT2D eigenvalue weighted by molar-refractivity contribution is 6.16. The van der Waals surface area contributed by atoms with Gasteiger partial charge in [0, 0.05) is 12.4 Å². The number of aliphatic imine (C=N–C) groups is 2. The Bertz CT molecular complexity index is 639. The van der Waals surface area contributed by atoms with Gasteiger partial charge in [0.2, 0.25) is 0 Å². The molecule has 2 spiro atoms. The zero-order valence-electron chi connectivity index (χ0n) is 17.2. The normalized spacial score (nSPS) is 57.4. The molecule has 0 aliphatic heterocycles. The summed E-state index contributed by atoms with van der Waals surface area (Å²) in [6.07, 6.45) is 15.6. The van der Waals surface area contributed by atoms with Crippen LogP contribution in [0, 0.1) is 45.3 Å². The molecule has 0 radical (unpaired) electrons. The second-order valence-electron chi connectivity index (χ2n) is 12.2. The van der Waals surface area contributed by atoms with Crippen LogP contribution in [-0.4, -0.2) is 24.5 Å². The molecule has 8 aliphatic carbocycles. The van der Waals surface area contributed by atoms with E-state index in [1.807, 2.05) is 0 Å². The van der Waals surface area contributed by atoms with Crippen LogP contribution in [0.2, 0.25) is 0 Å². The van der Waals surface area contributed by atoms with E-state index in [0.29, 0.717) is 33.7 Å². The van der Waals surface area contributed by atoms with Crippen molar-refractivity contribution in [2.75, 3.05) is 0 Å². The van der Waals surface area contributed by atoms with Gasteiger partial charge in [-0.25, -0.2) is 0 Å². The van der Waals surface area contributed by atoms with Gasteiger partial charge in [-0.15, -0.1) is 0 Å². The molecule has 142 valence electrons. The molecule has 8 rings (SSSR count). The molecule has 0 amide bonds. The Labute approximate surface area is 159 Å². The Balaban J connectivity index is 1.08. The van der Waals surface area contributed by atoms with Crippen molar-refractivity contribution >= 4 is 12.4 Å². The van der Waals surface area contributed by atoms with Crippen molar-refractivity contribution < 1.29 is 0 Å². The topological polar surface area (TPSA) is 24.7 Å². The van der Waals surface area contributed by atoms with Gasteiger partial charge in [-0.1, -0.05) is 27.7 Å². The second-order valence-corrected chi connectivity index (χ2v) is 12.2. The maximum atomic E-state index is 4.97. The predicted octanol–water partition coefficient (Wildman–Crippen LogP) is 5.56. The van der Waals surface area contributed by atoms with Gasteiger partial charge in [-0.2, -0.15) is 0 Å². The Morgan fingerprint density at radius 2 is 1.12 bits per heavy atom. The third-order valence-electron chi connectivity index (χ3n) is 11.0. The van der Waals surface area contributed by atoms with E-state index < -0.39 is 0 Å². The van der Waals surface area contributed by atoms with Crippen molar-refractivity contribution in [3.05, 3.63) is 0 Å². The summed E-state index contributed by atoms with van der Waals surface area (Å²) in [5.74, 6) is 3.88. The van der Waals surface area contributed by atoms with Crippen molar-refractivity contribution in [1.82, 2.24) is 0 Å². The van der Waals surface area contributed by atoms with Crippen LogP contribution in [0.1, 0.15) is 79.1 Å². The molecule has 8 aliphatic rings. The van der Waals surface area contributed by atoms with Crippen LogP contribution >= 0.6 is 0 Å². The number of hydrogen-bond acceptors (Lipinski definition) is 2. The molecule has 8 atom stereocenters. The van der Waals surface area contributed by atoms with Crippen LogP contribution in [-0.2, 0) is 0 Å². The summed E-state index contributed by atoms with van der Waals surface area (Å²) in [4.78, 5) is 9.94. The summed E-state index contributed by atoms with van der Waals surface area (Å²) >= 11 is 0. The van der Waals surface area contributed by atoms with Gasteiger partial charge in [0.1, 0.15) is 0 Å². The third-order valence-corrected chi connectivity index (χ3v) is 11.0. The zero-order chi connectivity index (χ0) is 17.9. The molecule has 2 nitrogen and oxygen atoms in total. The van der Waals surface area contributed by atoms with Crippen LogP contribution in [0.25, 0.3) is 0 Å². The zero-order valence-corrected chi connectivity index (χ0v) is 17.2. The Morgan fingerprint density at radius 1 is 0.692 bits per heavy atom. The third kappa shape index (κ3) is 1.80. The molecule has 8 saturated carbocycles. The highest BCUT2D eigenvalue weighted by atomic mass is 15.0. The summed E-state index contributed by atoms with van der Waals surface area (Å²) in [5, 5.41) is 0. The van der Waals surface area contributed by atoms with Gasteiger partial charge in [0.05, 0.1) is 12.1 Å². The number of rotatable bonds is 3. The first-order valence-corrected chi connectivity index (χ1v) is 11.4. The maximum absolute atomic E-state index is 4.97. The van der Waals surface area contributed by atoms with E-state index in [-0.39, 0.29) is 0 Å².